The predicted molar refractivity (Wildman–Crippen MR) is 118 cm³/mol. The largest absolute Gasteiger partial charge is 0.497 e. The summed E-state index contributed by atoms with van der Waals surface area (Å²) < 4.78 is 33.8. The van der Waals surface area contributed by atoms with Gasteiger partial charge in [0.25, 0.3) is 0 Å². The summed E-state index contributed by atoms with van der Waals surface area (Å²) in [6.07, 6.45) is 1.49. The fraction of sp³-hybridized carbons (Fsp3) is 0.455. The lowest BCUT2D eigenvalue weighted by molar-refractivity contribution is -0.0675. The van der Waals surface area contributed by atoms with E-state index in [1.165, 1.54) is 12.1 Å². The molecule has 0 spiro atoms. The van der Waals surface area contributed by atoms with Crippen LogP contribution in [0.1, 0.15) is 24.8 Å². The quantitative estimate of drug-likeness (QED) is 0.674. The van der Waals surface area contributed by atoms with Crippen molar-refractivity contribution in [3.8, 4) is 5.75 Å². The molecule has 3 atom stereocenters. The summed E-state index contributed by atoms with van der Waals surface area (Å²) in [7, 11) is 1.80. The summed E-state index contributed by atoms with van der Waals surface area (Å²) in [5, 5.41) is 12.0. The Kier molecular flexibility index (Phi) is 7.09. The fourth-order valence-electron chi connectivity index (χ4n) is 4.22. The van der Waals surface area contributed by atoms with Crippen LogP contribution in [-0.2, 0) is 15.6 Å². The molecule has 0 radical (unpaired) electrons. The first-order valence-electron chi connectivity index (χ1n) is 9.93. The van der Waals surface area contributed by atoms with Crippen LogP contribution in [0.15, 0.2) is 53.4 Å². The molecule has 6 nitrogen and oxygen atoms in total. The summed E-state index contributed by atoms with van der Waals surface area (Å²) in [5.74, 6) is 0.536. The molecule has 0 aromatic heterocycles. The zero-order valence-corrected chi connectivity index (χ0v) is 19.1. The number of rotatable bonds is 7. The van der Waals surface area contributed by atoms with Crippen molar-refractivity contribution >= 4 is 21.6 Å². The van der Waals surface area contributed by atoms with Gasteiger partial charge in [0.1, 0.15) is 5.75 Å². The van der Waals surface area contributed by atoms with E-state index in [4.69, 9.17) is 16.3 Å². The van der Waals surface area contributed by atoms with E-state index >= 15 is 0 Å². The molecule has 0 saturated heterocycles. The number of aliphatic hydroxyl groups is 1. The van der Waals surface area contributed by atoms with Gasteiger partial charge in [0.2, 0.25) is 10.0 Å². The van der Waals surface area contributed by atoms with Crippen molar-refractivity contribution in [1.82, 2.24) is 9.62 Å². The Morgan fingerprint density at radius 1 is 1.23 bits per heavy atom. The molecular weight excluding hydrogens is 424 g/mol. The van der Waals surface area contributed by atoms with E-state index in [-0.39, 0.29) is 16.9 Å². The van der Waals surface area contributed by atoms with E-state index in [1.54, 1.807) is 19.2 Å². The average Bonchev–Trinajstić information content (AvgIpc) is 2.70. The zero-order valence-electron chi connectivity index (χ0n) is 17.5. The van der Waals surface area contributed by atoms with Crippen LogP contribution in [-0.4, -0.2) is 52.2 Å². The van der Waals surface area contributed by atoms with Gasteiger partial charge < -0.3 is 14.7 Å². The Morgan fingerprint density at radius 2 is 1.97 bits per heavy atom. The molecule has 0 aliphatic heterocycles. The molecule has 3 rings (SSSR count). The van der Waals surface area contributed by atoms with Gasteiger partial charge in [-0.05, 0) is 69.3 Å². The van der Waals surface area contributed by atoms with Crippen LogP contribution in [0.2, 0.25) is 5.02 Å². The van der Waals surface area contributed by atoms with Crippen molar-refractivity contribution in [2.45, 2.75) is 35.8 Å². The molecule has 8 heteroatoms. The SMILES string of the molecule is COc1cccc(C2(O)CCC(NS(=O)(=O)c3cccc(Cl)c3)CC2CN(C)C)c1. The van der Waals surface area contributed by atoms with E-state index in [2.05, 4.69) is 4.72 Å². The van der Waals surface area contributed by atoms with Crippen molar-refractivity contribution in [1.29, 1.82) is 0 Å². The molecule has 0 bridgehead atoms. The highest BCUT2D eigenvalue weighted by molar-refractivity contribution is 7.89. The lowest BCUT2D eigenvalue weighted by atomic mass is 9.69. The monoisotopic (exact) mass is 452 g/mol. The molecule has 1 fully saturated rings. The first-order valence-corrected chi connectivity index (χ1v) is 11.8. The minimum absolute atomic E-state index is 0.146. The molecule has 0 amide bonds. The molecule has 1 aliphatic carbocycles. The van der Waals surface area contributed by atoms with E-state index in [9.17, 15) is 13.5 Å². The third kappa shape index (κ3) is 5.15. The lowest BCUT2D eigenvalue weighted by Crippen LogP contribution is -2.50. The van der Waals surface area contributed by atoms with E-state index in [0.717, 1.165) is 5.56 Å². The van der Waals surface area contributed by atoms with Gasteiger partial charge in [-0.3, -0.25) is 0 Å². The number of nitrogens with zero attached hydrogens (tertiary/aromatic N) is 1. The Morgan fingerprint density at radius 3 is 2.63 bits per heavy atom. The van der Waals surface area contributed by atoms with Crippen molar-refractivity contribution in [3.05, 3.63) is 59.1 Å². The van der Waals surface area contributed by atoms with Gasteiger partial charge in [-0.15, -0.1) is 0 Å². The number of halogens is 1. The molecular formula is C22H29ClN2O4S. The normalized spacial score (nSPS) is 24.7. The van der Waals surface area contributed by atoms with E-state index in [1.807, 2.05) is 43.3 Å². The first-order chi connectivity index (χ1) is 14.1. The smallest absolute Gasteiger partial charge is 0.240 e. The second kappa shape index (κ2) is 9.24. The minimum atomic E-state index is -3.70. The van der Waals surface area contributed by atoms with Gasteiger partial charge in [-0.1, -0.05) is 29.8 Å². The molecule has 2 N–H and O–H groups in total. The first kappa shape index (κ1) is 23.0. The van der Waals surface area contributed by atoms with E-state index in [0.29, 0.717) is 36.6 Å². The van der Waals surface area contributed by atoms with Gasteiger partial charge in [0, 0.05) is 23.5 Å². The van der Waals surface area contributed by atoms with Crippen molar-refractivity contribution in [2.75, 3.05) is 27.7 Å². The fourth-order valence-corrected chi connectivity index (χ4v) is 5.81. The van der Waals surface area contributed by atoms with Gasteiger partial charge in [-0.25, -0.2) is 13.1 Å². The van der Waals surface area contributed by atoms with Crippen LogP contribution < -0.4 is 9.46 Å². The lowest BCUT2D eigenvalue weighted by Gasteiger charge is -2.44. The van der Waals surface area contributed by atoms with Crippen LogP contribution in [0.5, 0.6) is 5.75 Å². The van der Waals surface area contributed by atoms with Crippen molar-refractivity contribution < 1.29 is 18.3 Å². The summed E-state index contributed by atoms with van der Waals surface area (Å²) >= 11 is 5.96. The highest BCUT2D eigenvalue weighted by Crippen LogP contribution is 2.43. The van der Waals surface area contributed by atoms with Crippen LogP contribution in [0.4, 0.5) is 0 Å². The number of methoxy groups -OCH3 is 1. The van der Waals surface area contributed by atoms with Gasteiger partial charge in [-0.2, -0.15) is 0 Å². The number of hydrogen-bond donors (Lipinski definition) is 2. The molecule has 1 aliphatic rings. The van der Waals surface area contributed by atoms with Crippen molar-refractivity contribution in [2.24, 2.45) is 5.92 Å². The molecule has 1 saturated carbocycles. The highest BCUT2D eigenvalue weighted by Gasteiger charge is 2.44. The van der Waals surface area contributed by atoms with Crippen LogP contribution in [0.25, 0.3) is 0 Å². The maximum atomic E-state index is 12.8. The summed E-state index contributed by atoms with van der Waals surface area (Å²) in [4.78, 5) is 2.16. The molecule has 2 aromatic rings. The topological polar surface area (TPSA) is 78.9 Å². The number of hydrogen-bond acceptors (Lipinski definition) is 5. The molecule has 164 valence electrons. The second-order valence-electron chi connectivity index (χ2n) is 8.17. The number of nitrogens with one attached hydrogen (secondary N) is 1. The highest BCUT2D eigenvalue weighted by atomic mass is 35.5. The molecule has 3 unspecified atom stereocenters. The molecule has 2 aromatic carbocycles. The van der Waals surface area contributed by atoms with Crippen LogP contribution in [0.3, 0.4) is 0 Å². The summed E-state index contributed by atoms with van der Waals surface area (Å²) in [5.41, 5.74) is -0.263. The average molecular weight is 453 g/mol. The Labute approximate surface area is 183 Å². The maximum Gasteiger partial charge on any atom is 0.240 e. The summed E-state index contributed by atoms with van der Waals surface area (Å²) in [6, 6.07) is 13.4. The third-order valence-corrected chi connectivity index (χ3v) is 7.45. The Balaban J connectivity index is 1.84. The standard InChI is InChI=1S/C22H29ClN2O4S/c1-25(2)15-17-12-19(24-30(27,28)21-9-5-7-18(23)14-21)10-11-22(17,26)16-6-4-8-20(13-16)29-3/h4-9,13-14,17,19,24,26H,10-12,15H2,1-3H3. The van der Waals surface area contributed by atoms with Gasteiger partial charge in [0.15, 0.2) is 0 Å². The minimum Gasteiger partial charge on any atom is -0.497 e. The number of sulfonamides is 1. The second-order valence-corrected chi connectivity index (χ2v) is 10.3. The predicted octanol–water partition coefficient (Wildman–Crippen LogP) is 3.25. The number of benzene rings is 2. The van der Waals surface area contributed by atoms with Crippen LogP contribution >= 0.6 is 11.6 Å². The van der Waals surface area contributed by atoms with E-state index < -0.39 is 15.6 Å². The molecule has 0 heterocycles. The van der Waals surface area contributed by atoms with Gasteiger partial charge >= 0.3 is 0 Å². The Bertz CT molecular complexity index is 983. The molecule has 30 heavy (non-hydrogen) atoms. The van der Waals surface area contributed by atoms with Crippen LogP contribution in [0, 0.1) is 5.92 Å². The number of ether oxygens (including phenoxy) is 1. The summed E-state index contributed by atoms with van der Waals surface area (Å²) in [6.45, 7) is 0.628. The van der Waals surface area contributed by atoms with Gasteiger partial charge in [0.05, 0.1) is 17.6 Å². The maximum absolute atomic E-state index is 12.8. The Hall–Kier alpha value is -1.64. The zero-order chi connectivity index (χ0) is 21.9. The van der Waals surface area contributed by atoms with Crippen molar-refractivity contribution in [3.63, 3.8) is 0 Å². The third-order valence-electron chi connectivity index (χ3n) is 5.70.